The van der Waals surface area contributed by atoms with E-state index >= 15 is 0 Å². The average molecular weight is 510 g/mol. The lowest BCUT2D eigenvalue weighted by Crippen LogP contribution is -2.46. The molecule has 200 valence electrons. The molecule has 0 unspecified atom stereocenters. The number of para-hydroxylation sites is 1. The number of aryl methyl sites for hydroxylation is 2. The van der Waals surface area contributed by atoms with Gasteiger partial charge in [0.1, 0.15) is 23.9 Å². The first-order chi connectivity index (χ1) is 17.9. The highest BCUT2D eigenvalue weighted by Crippen LogP contribution is 2.38. The lowest BCUT2D eigenvalue weighted by molar-refractivity contribution is -0.135. The first-order valence-electron chi connectivity index (χ1n) is 13.7. The third-order valence-electron chi connectivity index (χ3n) is 8.27. The van der Waals surface area contributed by atoms with Gasteiger partial charge in [-0.15, -0.1) is 0 Å². The van der Waals surface area contributed by atoms with E-state index in [1.807, 2.05) is 47.9 Å². The molecule has 1 atom stereocenters. The molecule has 0 aliphatic carbocycles. The minimum Gasteiger partial charge on any atom is -0.492 e. The van der Waals surface area contributed by atoms with Gasteiger partial charge in [0.05, 0.1) is 24.8 Å². The minimum atomic E-state index is -0.0347. The van der Waals surface area contributed by atoms with Crippen LogP contribution in [0.25, 0.3) is 0 Å². The summed E-state index contributed by atoms with van der Waals surface area (Å²) in [6.07, 6.45) is 6.82. The summed E-state index contributed by atoms with van der Waals surface area (Å²) in [6, 6.07) is 7.77. The van der Waals surface area contributed by atoms with Crippen LogP contribution in [-0.4, -0.2) is 81.9 Å². The summed E-state index contributed by atoms with van der Waals surface area (Å²) in [5, 5.41) is 4.34. The van der Waals surface area contributed by atoms with Gasteiger partial charge in [0, 0.05) is 31.7 Å². The highest BCUT2D eigenvalue weighted by atomic mass is 16.5. The van der Waals surface area contributed by atoms with Crippen molar-refractivity contribution in [2.45, 2.75) is 71.4 Å². The maximum absolute atomic E-state index is 13.5. The van der Waals surface area contributed by atoms with E-state index in [4.69, 9.17) is 9.47 Å². The molecular formula is C28H39N5O4. The number of nitrogens with zero attached hydrogens (tertiary/aromatic N) is 5. The monoisotopic (exact) mass is 509 g/mol. The molecule has 2 fully saturated rings. The fourth-order valence-corrected chi connectivity index (χ4v) is 5.99. The molecule has 9 nitrogen and oxygen atoms in total. The highest BCUT2D eigenvalue weighted by Gasteiger charge is 2.37. The van der Waals surface area contributed by atoms with Crippen LogP contribution in [0.3, 0.4) is 0 Å². The minimum absolute atomic E-state index is 0.0341. The van der Waals surface area contributed by atoms with E-state index in [2.05, 4.69) is 10.1 Å². The number of piperidine rings is 1. The third-order valence-corrected chi connectivity index (χ3v) is 8.27. The predicted molar refractivity (Wildman–Crippen MR) is 138 cm³/mol. The molecule has 9 heteroatoms. The molecule has 1 aromatic carbocycles. The summed E-state index contributed by atoms with van der Waals surface area (Å²) in [5.74, 6) is 2.21. The molecule has 2 aromatic rings. The zero-order valence-electron chi connectivity index (χ0n) is 22.2. The van der Waals surface area contributed by atoms with Crippen LogP contribution in [0, 0.1) is 19.3 Å². The number of hydrogen-bond donors (Lipinski definition) is 0. The van der Waals surface area contributed by atoms with E-state index in [-0.39, 0.29) is 29.8 Å². The Morgan fingerprint density at radius 3 is 2.68 bits per heavy atom. The average Bonchev–Trinajstić information content (AvgIpc) is 3.50. The van der Waals surface area contributed by atoms with Crippen molar-refractivity contribution in [3.63, 3.8) is 0 Å². The van der Waals surface area contributed by atoms with Gasteiger partial charge in [-0.25, -0.2) is 9.67 Å². The van der Waals surface area contributed by atoms with Crippen molar-refractivity contribution in [2.75, 3.05) is 39.5 Å². The second-order valence-electron chi connectivity index (χ2n) is 10.9. The van der Waals surface area contributed by atoms with Crippen LogP contribution >= 0.6 is 0 Å². The van der Waals surface area contributed by atoms with E-state index in [1.54, 1.807) is 4.68 Å². The maximum Gasteiger partial charge on any atom is 0.257 e. The van der Waals surface area contributed by atoms with Crippen molar-refractivity contribution < 1.29 is 19.1 Å². The van der Waals surface area contributed by atoms with E-state index in [0.29, 0.717) is 50.0 Å². The van der Waals surface area contributed by atoms with Crippen LogP contribution in [0.15, 0.2) is 24.3 Å². The fraction of sp³-hybridized carbons (Fsp3) is 0.643. The zero-order valence-corrected chi connectivity index (χ0v) is 22.2. The molecule has 0 radical (unpaired) electrons. The smallest absolute Gasteiger partial charge is 0.257 e. The molecule has 0 bridgehead atoms. The van der Waals surface area contributed by atoms with Gasteiger partial charge in [0.25, 0.3) is 5.91 Å². The number of ether oxygens (including phenoxy) is 2. The van der Waals surface area contributed by atoms with Crippen molar-refractivity contribution in [1.29, 1.82) is 0 Å². The summed E-state index contributed by atoms with van der Waals surface area (Å²) in [5.41, 5.74) is 0.597. The molecule has 1 spiro atoms. The highest BCUT2D eigenvalue weighted by molar-refractivity contribution is 5.97. The van der Waals surface area contributed by atoms with Gasteiger partial charge in [-0.3, -0.25) is 9.59 Å². The largest absolute Gasteiger partial charge is 0.492 e. The second kappa shape index (κ2) is 11.2. The van der Waals surface area contributed by atoms with Crippen molar-refractivity contribution in [1.82, 2.24) is 24.6 Å². The number of hydrogen-bond acceptors (Lipinski definition) is 6. The van der Waals surface area contributed by atoms with Crippen LogP contribution in [0.1, 0.15) is 67.0 Å². The Hall–Kier alpha value is -2.94. The molecule has 2 amide bonds. The molecule has 0 saturated carbocycles. The Labute approximate surface area is 219 Å². The number of benzene rings is 1. The number of rotatable bonds is 2. The Morgan fingerprint density at radius 2 is 1.89 bits per heavy atom. The Morgan fingerprint density at radius 1 is 1.08 bits per heavy atom. The van der Waals surface area contributed by atoms with E-state index < -0.39 is 0 Å². The van der Waals surface area contributed by atoms with Crippen molar-refractivity contribution in [2.24, 2.45) is 5.41 Å². The zero-order chi connectivity index (χ0) is 25.8. The summed E-state index contributed by atoms with van der Waals surface area (Å²) < 4.78 is 14.2. The van der Waals surface area contributed by atoms with Gasteiger partial charge in [0.15, 0.2) is 0 Å². The van der Waals surface area contributed by atoms with Crippen LogP contribution < -0.4 is 4.74 Å². The molecule has 0 N–H and O–H groups in total. The Bertz CT molecular complexity index is 1110. The Balaban J connectivity index is 1.28. The molecular weight excluding hydrogens is 470 g/mol. The van der Waals surface area contributed by atoms with Crippen molar-refractivity contribution in [3.8, 4) is 5.75 Å². The van der Waals surface area contributed by atoms with Crippen LogP contribution in [-0.2, 0) is 16.1 Å². The predicted octanol–water partition coefficient (Wildman–Crippen LogP) is 3.39. The lowest BCUT2D eigenvalue weighted by atomic mass is 9.75. The molecule has 3 aliphatic heterocycles. The maximum atomic E-state index is 13.5. The molecule has 2 saturated heterocycles. The van der Waals surface area contributed by atoms with Crippen molar-refractivity contribution >= 4 is 11.8 Å². The summed E-state index contributed by atoms with van der Waals surface area (Å²) in [7, 11) is 0. The first-order valence-corrected chi connectivity index (χ1v) is 13.7. The molecule has 1 aromatic heterocycles. The van der Waals surface area contributed by atoms with E-state index in [9.17, 15) is 9.59 Å². The quantitative estimate of drug-likeness (QED) is 0.617. The van der Waals surface area contributed by atoms with Crippen LogP contribution in [0.2, 0.25) is 0 Å². The standard InChI is InChI=1S/C28H39N5O4/c1-21-29-22(2)33(30-21)18-26(34)31-15-12-28(13-16-31)11-5-6-17-36-19-23-8-7-14-32(23)27(35)24-9-3-4-10-25(24)37-20-28/h3-4,9-10,23H,5-8,11-20H2,1-2H3/t23-/m0/s1. The number of fused-ring (bicyclic) bond motifs is 2. The number of likely N-dealkylation sites (tertiary alicyclic amines) is 1. The molecule has 3 aliphatic rings. The SMILES string of the molecule is Cc1nc(C)n(CC(=O)N2CCC3(CCCCOC[C@@H]4CCCN4C(=O)c4ccccc4OC3)CC2)n1. The van der Waals surface area contributed by atoms with Gasteiger partial charge in [-0.1, -0.05) is 18.6 Å². The first kappa shape index (κ1) is 25.7. The topological polar surface area (TPSA) is 89.8 Å². The van der Waals surface area contributed by atoms with Crippen LogP contribution in [0.5, 0.6) is 5.75 Å². The van der Waals surface area contributed by atoms with Crippen LogP contribution in [0.4, 0.5) is 0 Å². The summed E-state index contributed by atoms with van der Waals surface area (Å²) >= 11 is 0. The molecule has 4 heterocycles. The lowest BCUT2D eigenvalue weighted by Gasteiger charge is -2.42. The number of aromatic nitrogens is 3. The fourth-order valence-electron chi connectivity index (χ4n) is 5.99. The third kappa shape index (κ3) is 5.81. The summed E-state index contributed by atoms with van der Waals surface area (Å²) in [4.78, 5) is 34.7. The molecule has 5 rings (SSSR count). The van der Waals surface area contributed by atoms with E-state index in [1.165, 1.54) is 0 Å². The Kier molecular flexibility index (Phi) is 7.79. The van der Waals surface area contributed by atoms with Gasteiger partial charge in [0.2, 0.25) is 5.91 Å². The van der Waals surface area contributed by atoms with Gasteiger partial charge in [-0.2, -0.15) is 5.10 Å². The second-order valence-corrected chi connectivity index (χ2v) is 10.9. The van der Waals surface area contributed by atoms with Gasteiger partial charge >= 0.3 is 0 Å². The number of carbonyl (C=O) groups is 2. The normalized spacial score (nSPS) is 22.8. The molecule has 37 heavy (non-hydrogen) atoms. The van der Waals surface area contributed by atoms with Gasteiger partial charge in [-0.05, 0) is 64.5 Å². The van der Waals surface area contributed by atoms with Gasteiger partial charge < -0.3 is 19.3 Å². The summed E-state index contributed by atoms with van der Waals surface area (Å²) in [6.45, 7) is 7.96. The number of carbonyl (C=O) groups excluding carboxylic acids is 2. The number of amides is 2. The van der Waals surface area contributed by atoms with Crippen molar-refractivity contribution in [3.05, 3.63) is 41.5 Å². The van der Waals surface area contributed by atoms with E-state index in [0.717, 1.165) is 57.3 Å².